The number of carbonyl (C=O) groups excluding carboxylic acids is 1. The van der Waals surface area contributed by atoms with Crippen molar-refractivity contribution in [3.8, 4) is 0 Å². The maximum absolute atomic E-state index is 12.5. The van der Waals surface area contributed by atoms with Gasteiger partial charge in [0.2, 0.25) is 15.9 Å². The van der Waals surface area contributed by atoms with Crippen LogP contribution in [0.1, 0.15) is 51.9 Å². The second-order valence-electron chi connectivity index (χ2n) is 7.49. The van der Waals surface area contributed by atoms with Gasteiger partial charge >= 0.3 is 0 Å². The van der Waals surface area contributed by atoms with E-state index in [0.717, 1.165) is 38.0 Å². The molecule has 1 aromatic rings. The zero-order chi connectivity index (χ0) is 19.3. The molecule has 0 radical (unpaired) electrons. The van der Waals surface area contributed by atoms with Crippen LogP contribution in [0.15, 0.2) is 29.2 Å². The summed E-state index contributed by atoms with van der Waals surface area (Å²) in [5.74, 6) is 0.104. The van der Waals surface area contributed by atoms with Crippen molar-refractivity contribution in [2.24, 2.45) is 0 Å². The van der Waals surface area contributed by atoms with Crippen molar-refractivity contribution >= 4 is 21.6 Å². The molecule has 6 nitrogen and oxygen atoms in total. The van der Waals surface area contributed by atoms with Crippen molar-refractivity contribution < 1.29 is 13.2 Å². The van der Waals surface area contributed by atoms with E-state index in [-0.39, 0.29) is 10.8 Å². The summed E-state index contributed by atoms with van der Waals surface area (Å²) < 4.78 is 27.7. The summed E-state index contributed by atoms with van der Waals surface area (Å²) in [6, 6.07) is 7.26. The number of hydrogen-bond donors (Lipinski definition) is 1. The normalized spacial score (nSPS) is 21.7. The zero-order valence-electron chi connectivity index (χ0n) is 16.2. The molecule has 2 heterocycles. The third-order valence-electron chi connectivity index (χ3n) is 5.67. The number of carbonyl (C=O) groups is 1. The Morgan fingerprint density at radius 2 is 1.89 bits per heavy atom. The fraction of sp³-hybridized carbons (Fsp3) is 0.650. The van der Waals surface area contributed by atoms with Gasteiger partial charge in [0.05, 0.1) is 4.90 Å². The molecule has 0 saturated carbocycles. The standard InChI is InChI=1S/C20H31N3O3S/c1-2-17-7-3-4-14-22(17)15-6-13-21-27(25,26)19-11-9-18(10-12-19)23-16-5-8-20(23)24/h9-12,17,21H,2-8,13-16H2,1H3/t17-/m0/s1. The largest absolute Gasteiger partial charge is 0.312 e. The Balaban J connectivity index is 1.50. The lowest BCUT2D eigenvalue weighted by molar-refractivity contribution is -0.117. The fourth-order valence-corrected chi connectivity index (χ4v) is 5.19. The summed E-state index contributed by atoms with van der Waals surface area (Å²) in [4.78, 5) is 16.3. The minimum Gasteiger partial charge on any atom is -0.312 e. The highest BCUT2D eigenvalue weighted by Gasteiger charge is 2.23. The summed E-state index contributed by atoms with van der Waals surface area (Å²) >= 11 is 0. The van der Waals surface area contributed by atoms with Crippen molar-refractivity contribution in [2.45, 2.75) is 62.8 Å². The number of nitrogens with zero attached hydrogens (tertiary/aromatic N) is 2. The molecule has 0 bridgehead atoms. The van der Waals surface area contributed by atoms with E-state index in [1.165, 1.54) is 19.3 Å². The number of likely N-dealkylation sites (tertiary alicyclic amines) is 1. The van der Waals surface area contributed by atoms with Crippen LogP contribution in [-0.4, -0.2) is 51.4 Å². The van der Waals surface area contributed by atoms with Crippen LogP contribution in [0.4, 0.5) is 5.69 Å². The lowest BCUT2D eigenvalue weighted by Crippen LogP contribution is -2.40. The van der Waals surface area contributed by atoms with E-state index < -0.39 is 10.0 Å². The van der Waals surface area contributed by atoms with Crippen LogP contribution in [0.5, 0.6) is 0 Å². The monoisotopic (exact) mass is 393 g/mol. The average molecular weight is 394 g/mol. The topological polar surface area (TPSA) is 69.7 Å². The van der Waals surface area contributed by atoms with Crippen molar-refractivity contribution in [3.63, 3.8) is 0 Å². The summed E-state index contributed by atoms with van der Waals surface area (Å²) in [7, 11) is -3.51. The maximum Gasteiger partial charge on any atom is 0.240 e. The van der Waals surface area contributed by atoms with Crippen molar-refractivity contribution in [2.75, 3.05) is 31.1 Å². The first-order valence-corrected chi connectivity index (χ1v) is 11.6. The first-order chi connectivity index (χ1) is 13.0. The van der Waals surface area contributed by atoms with Gasteiger partial charge in [-0.2, -0.15) is 0 Å². The predicted octanol–water partition coefficient (Wildman–Crippen LogP) is 2.75. The van der Waals surface area contributed by atoms with E-state index in [1.807, 2.05) is 0 Å². The minimum atomic E-state index is -3.51. The molecule has 3 rings (SSSR count). The van der Waals surface area contributed by atoms with Crippen LogP contribution in [0.3, 0.4) is 0 Å². The van der Waals surface area contributed by atoms with E-state index in [4.69, 9.17) is 0 Å². The maximum atomic E-state index is 12.5. The number of sulfonamides is 1. The summed E-state index contributed by atoms with van der Waals surface area (Å²) in [5, 5.41) is 0. The van der Waals surface area contributed by atoms with Gasteiger partial charge in [-0.25, -0.2) is 13.1 Å². The molecular formula is C20H31N3O3S. The lowest BCUT2D eigenvalue weighted by atomic mass is 10.00. The number of benzene rings is 1. The van der Waals surface area contributed by atoms with Crippen molar-refractivity contribution in [1.29, 1.82) is 0 Å². The van der Waals surface area contributed by atoms with Crippen LogP contribution in [0, 0.1) is 0 Å². The number of piperidine rings is 1. The molecule has 1 amide bonds. The summed E-state index contributed by atoms with van der Waals surface area (Å²) in [5.41, 5.74) is 0.771. The number of anilines is 1. The SMILES string of the molecule is CC[C@H]1CCCCN1CCCNS(=O)(=O)c1ccc(N2CCCC2=O)cc1. The molecule has 7 heteroatoms. The summed E-state index contributed by atoms with van der Waals surface area (Å²) in [6.45, 7) is 5.45. The van der Waals surface area contributed by atoms with Crippen LogP contribution >= 0.6 is 0 Å². The highest BCUT2D eigenvalue weighted by Crippen LogP contribution is 2.23. The number of nitrogens with one attached hydrogen (secondary N) is 1. The Morgan fingerprint density at radius 1 is 1.11 bits per heavy atom. The molecule has 1 atom stereocenters. The quantitative estimate of drug-likeness (QED) is 0.690. The van der Waals surface area contributed by atoms with Crippen LogP contribution in [0.25, 0.3) is 0 Å². The first-order valence-electron chi connectivity index (χ1n) is 10.2. The van der Waals surface area contributed by atoms with Gasteiger partial charge in [-0.3, -0.25) is 4.79 Å². The lowest BCUT2D eigenvalue weighted by Gasteiger charge is -2.35. The molecule has 1 N–H and O–H groups in total. The third kappa shape index (κ3) is 5.09. The van der Waals surface area contributed by atoms with Gasteiger partial charge in [0.25, 0.3) is 0 Å². The molecule has 0 aliphatic carbocycles. The second-order valence-corrected chi connectivity index (χ2v) is 9.25. The van der Waals surface area contributed by atoms with Gasteiger partial charge in [-0.05, 0) is 69.5 Å². The minimum absolute atomic E-state index is 0.104. The van der Waals surface area contributed by atoms with E-state index >= 15 is 0 Å². The Kier molecular flexibility index (Phi) is 6.89. The summed E-state index contributed by atoms with van der Waals surface area (Å²) in [6.07, 6.45) is 7.21. The highest BCUT2D eigenvalue weighted by atomic mass is 32.2. The Hall–Kier alpha value is -1.44. The van der Waals surface area contributed by atoms with Gasteiger partial charge in [-0.15, -0.1) is 0 Å². The van der Waals surface area contributed by atoms with Gasteiger partial charge < -0.3 is 9.80 Å². The van der Waals surface area contributed by atoms with Crippen LogP contribution in [-0.2, 0) is 14.8 Å². The van der Waals surface area contributed by atoms with Gasteiger partial charge in [-0.1, -0.05) is 13.3 Å². The van der Waals surface area contributed by atoms with E-state index in [0.29, 0.717) is 25.6 Å². The zero-order valence-corrected chi connectivity index (χ0v) is 17.0. The van der Waals surface area contributed by atoms with Crippen LogP contribution < -0.4 is 9.62 Å². The Bertz CT molecular complexity index is 733. The van der Waals surface area contributed by atoms with E-state index in [2.05, 4.69) is 16.5 Å². The average Bonchev–Trinajstić information content (AvgIpc) is 3.11. The van der Waals surface area contributed by atoms with Crippen molar-refractivity contribution in [1.82, 2.24) is 9.62 Å². The molecule has 2 aliphatic rings. The predicted molar refractivity (Wildman–Crippen MR) is 107 cm³/mol. The molecule has 0 aromatic heterocycles. The Labute approximate surface area is 163 Å². The molecule has 150 valence electrons. The highest BCUT2D eigenvalue weighted by molar-refractivity contribution is 7.89. The third-order valence-corrected chi connectivity index (χ3v) is 7.14. The smallest absolute Gasteiger partial charge is 0.240 e. The molecular weight excluding hydrogens is 362 g/mol. The number of hydrogen-bond acceptors (Lipinski definition) is 4. The number of rotatable bonds is 8. The molecule has 2 fully saturated rings. The molecule has 27 heavy (non-hydrogen) atoms. The van der Waals surface area contributed by atoms with E-state index in [1.54, 1.807) is 29.2 Å². The fourth-order valence-electron chi connectivity index (χ4n) is 4.12. The molecule has 1 aromatic carbocycles. The van der Waals surface area contributed by atoms with Crippen LogP contribution in [0.2, 0.25) is 0 Å². The van der Waals surface area contributed by atoms with Gasteiger partial charge in [0, 0.05) is 31.2 Å². The first kappa shape index (κ1) is 20.3. The molecule has 0 unspecified atom stereocenters. The van der Waals surface area contributed by atoms with E-state index in [9.17, 15) is 13.2 Å². The second kappa shape index (κ2) is 9.17. The molecule has 2 aliphatic heterocycles. The van der Waals surface area contributed by atoms with Gasteiger partial charge in [0.15, 0.2) is 0 Å². The molecule has 2 saturated heterocycles. The van der Waals surface area contributed by atoms with Gasteiger partial charge in [0.1, 0.15) is 0 Å². The number of amides is 1. The molecule has 0 spiro atoms. The van der Waals surface area contributed by atoms with Crippen molar-refractivity contribution in [3.05, 3.63) is 24.3 Å². The Morgan fingerprint density at radius 3 is 2.56 bits per heavy atom.